The van der Waals surface area contributed by atoms with E-state index in [1.165, 1.54) is 0 Å². The number of hydrogen-bond donors (Lipinski definition) is 1. The normalized spacial score (nSPS) is 9.86. The first kappa shape index (κ1) is 13.8. The van der Waals surface area contributed by atoms with Crippen LogP contribution < -0.4 is 5.32 Å². The Morgan fingerprint density at radius 2 is 1.71 bits per heavy atom. The molecule has 0 bridgehead atoms. The average Bonchev–Trinajstić information content (AvgIpc) is 2.22. The van der Waals surface area contributed by atoms with Crippen LogP contribution in [0.4, 0.5) is 0 Å². The highest BCUT2D eigenvalue weighted by Gasteiger charge is 2.00. The molecule has 5 heteroatoms. The van der Waals surface area contributed by atoms with Gasteiger partial charge in [-0.25, -0.2) is 0 Å². The van der Waals surface area contributed by atoms with Crippen molar-refractivity contribution >= 4 is 33.3 Å². The van der Waals surface area contributed by atoms with Crippen LogP contribution in [0.2, 0.25) is 0 Å². The van der Waals surface area contributed by atoms with Crippen LogP contribution in [0.25, 0.3) is 0 Å². The quantitative estimate of drug-likeness (QED) is 0.515. The first-order valence-corrected chi connectivity index (χ1v) is 7.16. The third-order valence-electron chi connectivity index (χ3n) is 1.63. The molecule has 1 amide bonds. The van der Waals surface area contributed by atoms with Crippen LogP contribution in [0.5, 0.6) is 0 Å². The lowest BCUT2D eigenvalue weighted by Crippen LogP contribution is -2.17. The third kappa shape index (κ3) is 8.44. The molecule has 3 nitrogen and oxygen atoms in total. The standard InChI is InChI=1S/C9H17NO2S2/c1-3-8(11)4-6-13-14-7-5-9(12)10-2/h3-7H2,1-2H3,(H,10,12). The van der Waals surface area contributed by atoms with Crippen LogP contribution in [0, 0.1) is 0 Å². The van der Waals surface area contributed by atoms with Crippen molar-refractivity contribution < 1.29 is 9.59 Å². The number of hydrogen-bond acceptors (Lipinski definition) is 4. The molecule has 0 aliphatic rings. The van der Waals surface area contributed by atoms with Gasteiger partial charge in [0.1, 0.15) is 5.78 Å². The van der Waals surface area contributed by atoms with Crippen LogP contribution >= 0.6 is 21.6 Å². The summed E-state index contributed by atoms with van der Waals surface area (Å²) >= 11 is 0. The van der Waals surface area contributed by atoms with E-state index in [-0.39, 0.29) is 5.91 Å². The molecule has 0 aliphatic heterocycles. The van der Waals surface area contributed by atoms with Crippen molar-refractivity contribution in [2.24, 2.45) is 0 Å². The van der Waals surface area contributed by atoms with Gasteiger partial charge in [0.2, 0.25) is 5.91 Å². The SMILES string of the molecule is CCC(=O)CCSSCCC(=O)NC. The third-order valence-corrected chi connectivity index (χ3v) is 4.04. The van der Waals surface area contributed by atoms with Crippen molar-refractivity contribution in [1.82, 2.24) is 5.32 Å². The summed E-state index contributed by atoms with van der Waals surface area (Å²) in [6, 6.07) is 0. The number of nitrogens with one attached hydrogen (secondary N) is 1. The van der Waals surface area contributed by atoms with Gasteiger partial charge in [0.25, 0.3) is 0 Å². The molecule has 0 aliphatic carbocycles. The smallest absolute Gasteiger partial charge is 0.220 e. The Morgan fingerprint density at radius 3 is 2.21 bits per heavy atom. The van der Waals surface area contributed by atoms with Gasteiger partial charge in [-0.1, -0.05) is 28.5 Å². The monoisotopic (exact) mass is 235 g/mol. The van der Waals surface area contributed by atoms with Crippen LogP contribution in [-0.4, -0.2) is 30.2 Å². The van der Waals surface area contributed by atoms with E-state index in [9.17, 15) is 9.59 Å². The number of rotatable bonds is 8. The molecule has 14 heavy (non-hydrogen) atoms. The minimum absolute atomic E-state index is 0.0720. The van der Waals surface area contributed by atoms with E-state index in [0.29, 0.717) is 25.0 Å². The summed E-state index contributed by atoms with van der Waals surface area (Å²) in [6.07, 6.45) is 1.83. The summed E-state index contributed by atoms with van der Waals surface area (Å²) in [5, 5.41) is 2.57. The lowest BCUT2D eigenvalue weighted by Gasteiger charge is -2.00. The van der Waals surface area contributed by atoms with Crippen LogP contribution in [0.15, 0.2) is 0 Å². The molecular weight excluding hydrogens is 218 g/mol. The fraction of sp³-hybridized carbons (Fsp3) is 0.778. The highest BCUT2D eigenvalue weighted by atomic mass is 33.1. The van der Waals surface area contributed by atoms with Gasteiger partial charge in [0.15, 0.2) is 0 Å². The molecule has 0 aromatic carbocycles. The van der Waals surface area contributed by atoms with Crippen molar-refractivity contribution in [3.8, 4) is 0 Å². The summed E-state index contributed by atoms with van der Waals surface area (Å²) < 4.78 is 0. The Hall–Kier alpha value is -0.160. The average molecular weight is 235 g/mol. The Labute approximate surface area is 93.2 Å². The number of ketones is 1. The number of Topliss-reactive ketones (excluding diaryl/α,β-unsaturated/α-hetero) is 1. The van der Waals surface area contributed by atoms with Gasteiger partial charge in [-0.15, -0.1) is 0 Å². The molecule has 0 saturated carbocycles. The van der Waals surface area contributed by atoms with Crippen LogP contribution in [0.1, 0.15) is 26.2 Å². The van der Waals surface area contributed by atoms with Crippen molar-refractivity contribution in [3.63, 3.8) is 0 Å². The number of carbonyl (C=O) groups is 2. The molecule has 0 spiro atoms. The second kappa shape index (κ2) is 9.40. The van der Waals surface area contributed by atoms with Crippen LogP contribution in [-0.2, 0) is 9.59 Å². The Morgan fingerprint density at radius 1 is 1.14 bits per heavy atom. The van der Waals surface area contributed by atoms with Gasteiger partial charge in [-0.05, 0) is 0 Å². The molecule has 0 saturated heterocycles. The molecule has 0 atom stereocenters. The maximum absolute atomic E-state index is 10.9. The van der Waals surface area contributed by atoms with Gasteiger partial charge < -0.3 is 5.32 Å². The van der Waals surface area contributed by atoms with E-state index in [2.05, 4.69) is 5.32 Å². The zero-order valence-electron chi connectivity index (χ0n) is 8.67. The molecular formula is C9H17NO2S2. The van der Waals surface area contributed by atoms with Gasteiger partial charge in [-0.2, -0.15) is 0 Å². The second-order valence-electron chi connectivity index (χ2n) is 2.71. The molecule has 1 N–H and O–H groups in total. The highest BCUT2D eigenvalue weighted by molar-refractivity contribution is 8.76. The number of carbonyl (C=O) groups excluding carboxylic acids is 2. The van der Waals surface area contributed by atoms with E-state index in [4.69, 9.17) is 0 Å². The van der Waals surface area contributed by atoms with Gasteiger partial charge >= 0.3 is 0 Å². The Kier molecular flexibility index (Phi) is 9.29. The molecule has 0 aromatic heterocycles. The van der Waals surface area contributed by atoms with Gasteiger partial charge in [0, 0.05) is 37.8 Å². The van der Waals surface area contributed by atoms with E-state index in [0.717, 1.165) is 11.5 Å². The summed E-state index contributed by atoms with van der Waals surface area (Å²) in [5.41, 5.74) is 0. The minimum Gasteiger partial charge on any atom is -0.359 e. The first-order chi connectivity index (χ1) is 6.70. The maximum Gasteiger partial charge on any atom is 0.220 e. The summed E-state index contributed by atoms with van der Waals surface area (Å²) in [5.74, 6) is 2.04. The van der Waals surface area contributed by atoms with Crippen molar-refractivity contribution in [2.45, 2.75) is 26.2 Å². The molecule has 0 aromatic rings. The van der Waals surface area contributed by atoms with Gasteiger partial charge in [-0.3, -0.25) is 9.59 Å². The number of amides is 1. The fourth-order valence-corrected chi connectivity index (χ4v) is 2.73. The van der Waals surface area contributed by atoms with E-state index >= 15 is 0 Å². The van der Waals surface area contributed by atoms with E-state index < -0.39 is 0 Å². The largest absolute Gasteiger partial charge is 0.359 e. The Bertz CT molecular complexity index is 166. The Balaban J connectivity index is 3.14. The lowest BCUT2D eigenvalue weighted by atomic mass is 10.2. The fourth-order valence-electron chi connectivity index (χ4n) is 0.709. The molecule has 0 radical (unpaired) electrons. The second-order valence-corrected chi connectivity index (χ2v) is 5.41. The van der Waals surface area contributed by atoms with E-state index in [1.54, 1.807) is 28.6 Å². The molecule has 0 unspecified atom stereocenters. The van der Waals surface area contributed by atoms with Crippen molar-refractivity contribution in [2.75, 3.05) is 18.6 Å². The topological polar surface area (TPSA) is 46.2 Å². The molecule has 0 fully saturated rings. The zero-order chi connectivity index (χ0) is 10.8. The zero-order valence-corrected chi connectivity index (χ0v) is 10.3. The predicted octanol–water partition coefficient (Wildman–Crippen LogP) is 1.87. The molecule has 0 heterocycles. The molecule has 0 rings (SSSR count). The van der Waals surface area contributed by atoms with Crippen LogP contribution in [0.3, 0.4) is 0 Å². The minimum atomic E-state index is 0.0720. The van der Waals surface area contributed by atoms with Crippen molar-refractivity contribution in [3.05, 3.63) is 0 Å². The first-order valence-electron chi connectivity index (χ1n) is 4.67. The van der Waals surface area contributed by atoms with Crippen molar-refractivity contribution in [1.29, 1.82) is 0 Å². The highest BCUT2D eigenvalue weighted by Crippen LogP contribution is 2.22. The van der Waals surface area contributed by atoms with E-state index in [1.807, 2.05) is 6.92 Å². The maximum atomic E-state index is 10.9. The summed E-state index contributed by atoms with van der Waals surface area (Å²) in [6.45, 7) is 1.88. The van der Waals surface area contributed by atoms with Gasteiger partial charge in [0.05, 0.1) is 0 Å². The summed E-state index contributed by atoms with van der Waals surface area (Å²) in [7, 11) is 4.96. The lowest BCUT2D eigenvalue weighted by molar-refractivity contribution is -0.120. The summed E-state index contributed by atoms with van der Waals surface area (Å²) in [4.78, 5) is 21.7. The predicted molar refractivity (Wildman–Crippen MR) is 63.5 cm³/mol. The molecule has 82 valence electrons.